The van der Waals surface area contributed by atoms with Crippen molar-refractivity contribution in [2.24, 2.45) is 0 Å². The standard InChI is InChI=1S/C9H16N2O/c1-5-7-11(8-6-2)9(12)10(3)4/h5-6H,1-2,7-8H2,3-4H3. The van der Waals surface area contributed by atoms with Gasteiger partial charge in [-0.2, -0.15) is 0 Å². The van der Waals surface area contributed by atoms with Gasteiger partial charge >= 0.3 is 6.03 Å². The van der Waals surface area contributed by atoms with Crippen LogP contribution < -0.4 is 0 Å². The fraction of sp³-hybridized carbons (Fsp3) is 0.444. The second kappa shape index (κ2) is 5.41. The number of carbonyl (C=O) groups excluding carboxylic acids is 1. The highest BCUT2D eigenvalue weighted by atomic mass is 16.2. The summed E-state index contributed by atoms with van der Waals surface area (Å²) in [6, 6.07) is -0.0187. The highest BCUT2D eigenvalue weighted by Crippen LogP contribution is 1.94. The van der Waals surface area contributed by atoms with E-state index in [1.165, 1.54) is 4.90 Å². The molecule has 0 aliphatic rings. The zero-order chi connectivity index (χ0) is 9.56. The molecule has 0 aliphatic heterocycles. The topological polar surface area (TPSA) is 23.6 Å². The molecule has 3 heteroatoms. The van der Waals surface area contributed by atoms with Crippen LogP contribution in [0, 0.1) is 0 Å². The summed E-state index contributed by atoms with van der Waals surface area (Å²) in [7, 11) is 3.45. The zero-order valence-corrected chi connectivity index (χ0v) is 7.79. The maximum Gasteiger partial charge on any atom is 0.320 e. The number of urea groups is 1. The molecule has 0 N–H and O–H groups in total. The monoisotopic (exact) mass is 168 g/mol. The molecule has 0 atom stereocenters. The van der Waals surface area contributed by atoms with Gasteiger partial charge in [0, 0.05) is 27.2 Å². The Balaban J connectivity index is 4.17. The Kier molecular flexibility index (Phi) is 4.84. The first kappa shape index (κ1) is 10.8. The van der Waals surface area contributed by atoms with Gasteiger partial charge in [-0.25, -0.2) is 4.79 Å². The molecule has 0 bridgehead atoms. The average molecular weight is 168 g/mol. The van der Waals surface area contributed by atoms with E-state index < -0.39 is 0 Å². The Bertz CT molecular complexity index is 165. The van der Waals surface area contributed by atoms with E-state index in [9.17, 15) is 4.79 Å². The van der Waals surface area contributed by atoms with Crippen LogP contribution in [0.2, 0.25) is 0 Å². The first-order valence-electron chi connectivity index (χ1n) is 3.81. The Morgan fingerprint density at radius 1 is 1.25 bits per heavy atom. The van der Waals surface area contributed by atoms with Crippen LogP contribution in [0.5, 0.6) is 0 Å². The molecule has 3 nitrogen and oxygen atoms in total. The second-order valence-electron chi connectivity index (χ2n) is 2.66. The van der Waals surface area contributed by atoms with Crippen molar-refractivity contribution in [1.29, 1.82) is 0 Å². The van der Waals surface area contributed by atoms with Gasteiger partial charge in [-0.1, -0.05) is 12.2 Å². The molecule has 0 rings (SSSR count). The number of rotatable bonds is 4. The Morgan fingerprint density at radius 2 is 1.67 bits per heavy atom. The summed E-state index contributed by atoms with van der Waals surface area (Å²) in [4.78, 5) is 14.6. The minimum Gasteiger partial charge on any atom is -0.331 e. The van der Waals surface area contributed by atoms with Crippen molar-refractivity contribution in [2.75, 3.05) is 27.2 Å². The number of hydrogen-bond acceptors (Lipinski definition) is 1. The predicted molar refractivity (Wildman–Crippen MR) is 51.1 cm³/mol. The van der Waals surface area contributed by atoms with Crippen LogP contribution in [0.25, 0.3) is 0 Å². The summed E-state index contributed by atoms with van der Waals surface area (Å²) in [6.45, 7) is 8.27. The first-order chi connectivity index (χ1) is 5.63. The molecule has 0 unspecified atom stereocenters. The second-order valence-corrected chi connectivity index (χ2v) is 2.66. The van der Waals surface area contributed by atoms with Gasteiger partial charge in [0.15, 0.2) is 0 Å². The molecular weight excluding hydrogens is 152 g/mol. The van der Waals surface area contributed by atoms with Gasteiger partial charge in [0.2, 0.25) is 0 Å². The van der Waals surface area contributed by atoms with Crippen LogP contribution in [-0.4, -0.2) is 43.0 Å². The van der Waals surface area contributed by atoms with E-state index in [4.69, 9.17) is 0 Å². The largest absolute Gasteiger partial charge is 0.331 e. The molecule has 0 aromatic carbocycles. The van der Waals surface area contributed by atoms with E-state index in [1.54, 1.807) is 31.1 Å². The van der Waals surface area contributed by atoms with Crippen LogP contribution in [0.3, 0.4) is 0 Å². The molecule has 0 saturated carbocycles. The molecule has 0 radical (unpaired) electrons. The zero-order valence-electron chi connectivity index (χ0n) is 7.79. The van der Waals surface area contributed by atoms with E-state index in [0.29, 0.717) is 13.1 Å². The average Bonchev–Trinajstić information content (AvgIpc) is 2.03. The van der Waals surface area contributed by atoms with Crippen LogP contribution in [-0.2, 0) is 0 Å². The SMILES string of the molecule is C=CCN(CC=C)C(=O)N(C)C. The number of amides is 2. The van der Waals surface area contributed by atoms with Crippen molar-refractivity contribution in [3.8, 4) is 0 Å². The van der Waals surface area contributed by atoms with E-state index >= 15 is 0 Å². The van der Waals surface area contributed by atoms with Gasteiger partial charge in [0.05, 0.1) is 0 Å². The van der Waals surface area contributed by atoms with Crippen molar-refractivity contribution < 1.29 is 4.79 Å². The third-order valence-electron chi connectivity index (χ3n) is 1.35. The van der Waals surface area contributed by atoms with Crippen molar-refractivity contribution in [2.45, 2.75) is 0 Å². The molecule has 0 spiro atoms. The molecule has 0 saturated heterocycles. The predicted octanol–water partition coefficient (Wildman–Crippen LogP) is 1.34. The molecule has 12 heavy (non-hydrogen) atoms. The van der Waals surface area contributed by atoms with Crippen molar-refractivity contribution in [3.63, 3.8) is 0 Å². The Morgan fingerprint density at radius 3 is 1.92 bits per heavy atom. The summed E-state index contributed by atoms with van der Waals surface area (Å²) in [5.74, 6) is 0. The van der Waals surface area contributed by atoms with Gasteiger partial charge in [0.25, 0.3) is 0 Å². The highest BCUT2D eigenvalue weighted by Gasteiger charge is 2.11. The summed E-state index contributed by atoms with van der Waals surface area (Å²) in [5.41, 5.74) is 0. The Hall–Kier alpha value is -1.25. The van der Waals surface area contributed by atoms with Crippen molar-refractivity contribution >= 4 is 6.03 Å². The third-order valence-corrected chi connectivity index (χ3v) is 1.35. The molecule has 0 fully saturated rings. The lowest BCUT2D eigenvalue weighted by Crippen LogP contribution is -2.39. The van der Waals surface area contributed by atoms with Gasteiger partial charge in [-0.05, 0) is 0 Å². The van der Waals surface area contributed by atoms with Crippen LogP contribution >= 0.6 is 0 Å². The van der Waals surface area contributed by atoms with Gasteiger partial charge in [0.1, 0.15) is 0 Å². The van der Waals surface area contributed by atoms with E-state index in [2.05, 4.69) is 13.2 Å². The smallest absolute Gasteiger partial charge is 0.320 e. The molecule has 0 aromatic heterocycles. The van der Waals surface area contributed by atoms with Gasteiger partial charge in [-0.3, -0.25) is 0 Å². The third kappa shape index (κ3) is 3.23. The fourth-order valence-electron chi connectivity index (χ4n) is 0.825. The quantitative estimate of drug-likeness (QED) is 0.581. The summed E-state index contributed by atoms with van der Waals surface area (Å²) >= 11 is 0. The normalized spacial score (nSPS) is 8.83. The van der Waals surface area contributed by atoms with Gasteiger partial charge in [-0.15, -0.1) is 13.2 Å². The lowest BCUT2D eigenvalue weighted by molar-refractivity contribution is 0.181. The lowest BCUT2D eigenvalue weighted by Gasteiger charge is -2.23. The van der Waals surface area contributed by atoms with E-state index in [1.807, 2.05) is 0 Å². The molecule has 68 valence electrons. The summed E-state index contributed by atoms with van der Waals surface area (Å²) in [6.07, 6.45) is 3.40. The molecule has 0 aromatic rings. The minimum absolute atomic E-state index is 0.0187. The molecule has 2 amide bonds. The maximum absolute atomic E-state index is 11.4. The first-order valence-corrected chi connectivity index (χ1v) is 3.81. The Labute approximate surface area is 74.0 Å². The van der Waals surface area contributed by atoms with E-state index in [-0.39, 0.29) is 6.03 Å². The fourth-order valence-corrected chi connectivity index (χ4v) is 0.825. The number of hydrogen-bond donors (Lipinski definition) is 0. The summed E-state index contributed by atoms with van der Waals surface area (Å²) < 4.78 is 0. The van der Waals surface area contributed by atoms with Crippen LogP contribution in [0.1, 0.15) is 0 Å². The molecule has 0 heterocycles. The maximum atomic E-state index is 11.4. The summed E-state index contributed by atoms with van der Waals surface area (Å²) in [5, 5.41) is 0. The van der Waals surface area contributed by atoms with E-state index in [0.717, 1.165) is 0 Å². The van der Waals surface area contributed by atoms with Gasteiger partial charge < -0.3 is 9.80 Å². The van der Waals surface area contributed by atoms with Crippen LogP contribution in [0.4, 0.5) is 4.79 Å². The number of nitrogens with zero attached hydrogens (tertiary/aromatic N) is 2. The minimum atomic E-state index is -0.0187. The van der Waals surface area contributed by atoms with Crippen LogP contribution in [0.15, 0.2) is 25.3 Å². The number of carbonyl (C=O) groups is 1. The molecule has 0 aliphatic carbocycles. The lowest BCUT2D eigenvalue weighted by atomic mass is 10.4. The van der Waals surface area contributed by atoms with Crippen molar-refractivity contribution in [3.05, 3.63) is 25.3 Å². The molecular formula is C9H16N2O. The highest BCUT2D eigenvalue weighted by molar-refractivity contribution is 5.74. The van der Waals surface area contributed by atoms with Crippen molar-refractivity contribution in [1.82, 2.24) is 9.80 Å².